The molecule has 10 nitrogen and oxygen atoms in total. The molecule has 13 heteroatoms. The van der Waals surface area contributed by atoms with Gasteiger partial charge >= 0.3 is 0 Å². The molecule has 2 aliphatic heterocycles. The van der Waals surface area contributed by atoms with Crippen molar-refractivity contribution in [2.75, 3.05) is 26.3 Å². The van der Waals surface area contributed by atoms with E-state index in [9.17, 15) is 23.2 Å². The first kappa shape index (κ1) is 30.3. The standard InChI is InChI=1S/C30H31F2N5O5S/c1-18(24-13-20(16-43-24)26(33)34)36-28(40)23-14-29(41-11-12-42-29)17-37(23)25(38)15-35-27(39)19-7-9-22(10-8-19)30(31,32)21-5-3-2-4-6-21/h2-10,13,16,18,23H,11-12,14-15,17H2,1H3,(H3,33,34)(H,35,39)(H,36,40)/t18-,23+/m1/s1. The molecule has 0 aliphatic carbocycles. The molecule has 3 heterocycles. The largest absolute Gasteiger partial charge is 0.384 e. The summed E-state index contributed by atoms with van der Waals surface area (Å²) in [5.41, 5.74) is 5.77. The van der Waals surface area contributed by atoms with Crippen molar-refractivity contribution in [3.63, 3.8) is 0 Å². The maximum Gasteiger partial charge on any atom is 0.298 e. The fourth-order valence-corrected chi connectivity index (χ4v) is 6.06. The Kier molecular flexibility index (Phi) is 8.58. The Morgan fingerprint density at radius 2 is 1.74 bits per heavy atom. The second-order valence-corrected chi connectivity index (χ2v) is 11.4. The van der Waals surface area contributed by atoms with Crippen LogP contribution in [-0.4, -0.2) is 66.6 Å². The Hall–Kier alpha value is -4.20. The summed E-state index contributed by atoms with van der Waals surface area (Å²) in [6.45, 7) is 2.01. The van der Waals surface area contributed by atoms with Crippen molar-refractivity contribution in [1.29, 1.82) is 5.41 Å². The van der Waals surface area contributed by atoms with Crippen LogP contribution in [0, 0.1) is 5.41 Å². The minimum Gasteiger partial charge on any atom is -0.384 e. The molecule has 2 saturated heterocycles. The number of nitrogens with zero attached hydrogens (tertiary/aromatic N) is 1. The quantitative estimate of drug-likeness (QED) is 0.216. The molecule has 2 aromatic carbocycles. The van der Waals surface area contributed by atoms with Crippen LogP contribution in [-0.2, 0) is 25.0 Å². The summed E-state index contributed by atoms with van der Waals surface area (Å²) >= 11 is 1.35. The molecule has 0 bridgehead atoms. The first-order chi connectivity index (χ1) is 20.5. The van der Waals surface area contributed by atoms with Gasteiger partial charge in [-0.25, -0.2) is 0 Å². The van der Waals surface area contributed by atoms with E-state index in [1.54, 1.807) is 24.4 Å². The van der Waals surface area contributed by atoms with Crippen molar-refractivity contribution in [3.8, 4) is 0 Å². The second kappa shape index (κ2) is 12.2. The van der Waals surface area contributed by atoms with E-state index < -0.39 is 48.1 Å². The molecule has 0 unspecified atom stereocenters. The van der Waals surface area contributed by atoms with Gasteiger partial charge in [0.05, 0.1) is 32.3 Å². The summed E-state index contributed by atoms with van der Waals surface area (Å²) in [6.07, 6.45) is 0.117. The van der Waals surface area contributed by atoms with Crippen LogP contribution in [0.15, 0.2) is 66.0 Å². The summed E-state index contributed by atoms with van der Waals surface area (Å²) in [5, 5.41) is 14.7. The molecule has 5 rings (SSSR count). The molecule has 2 fully saturated rings. The van der Waals surface area contributed by atoms with Crippen molar-refractivity contribution in [2.24, 2.45) is 5.73 Å². The molecule has 1 aromatic heterocycles. The van der Waals surface area contributed by atoms with Crippen LogP contribution in [0.1, 0.15) is 51.3 Å². The number of ether oxygens (including phenoxy) is 2. The van der Waals surface area contributed by atoms with E-state index in [0.29, 0.717) is 18.8 Å². The third-order valence-electron chi connectivity index (χ3n) is 7.49. The van der Waals surface area contributed by atoms with Crippen LogP contribution >= 0.6 is 11.3 Å². The van der Waals surface area contributed by atoms with Crippen LogP contribution in [0.2, 0.25) is 0 Å². The first-order valence-corrected chi connectivity index (χ1v) is 14.5. The molecule has 2 atom stereocenters. The minimum absolute atomic E-state index is 0.00488. The van der Waals surface area contributed by atoms with Crippen molar-refractivity contribution in [1.82, 2.24) is 15.5 Å². The topological polar surface area (TPSA) is 147 Å². The van der Waals surface area contributed by atoms with Gasteiger partial charge in [0.25, 0.3) is 11.8 Å². The molecule has 0 saturated carbocycles. The maximum atomic E-state index is 14.9. The number of nitrogen functional groups attached to an aromatic ring is 1. The van der Waals surface area contributed by atoms with Gasteiger partial charge in [-0.05, 0) is 25.1 Å². The summed E-state index contributed by atoms with van der Waals surface area (Å²) in [5.74, 6) is -6.01. The molecule has 3 amide bonds. The maximum absolute atomic E-state index is 14.9. The molecule has 43 heavy (non-hydrogen) atoms. The Labute approximate surface area is 250 Å². The molecule has 3 aromatic rings. The predicted octanol–water partition coefficient (Wildman–Crippen LogP) is 3.12. The lowest BCUT2D eigenvalue weighted by molar-refractivity contribution is -0.152. The van der Waals surface area contributed by atoms with Gasteiger partial charge in [0.15, 0.2) is 5.79 Å². The zero-order chi connectivity index (χ0) is 30.8. The number of thiophene rings is 1. The number of nitrogens with two attached hydrogens (primary N) is 1. The molecule has 0 radical (unpaired) electrons. The Morgan fingerprint density at radius 1 is 1.09 bits per heavy atom. The van der Waals surface area contributed by atoms with Gasteiger partial charge in [-0.1, -0.05) is 42.5 Å². The number of amidine groups is 1. The third kappa shape index (κ3) is 6.43. The SMILES string of the molecule is C[C@@H](NC(=O)[C@@H]1CC2(CN1C(=O)CNC(=O)c1ccc(C(F)(F)c3ccccc3)cc1)OCCO2)c1cc(C(=N)N)cs1. The van der Waals surface area contributed by atoms with E-state index in [1.807, 2.05) is 0 Å². The van der Waals surface area contributed by atoms with E-state index >= 15 is 0 Å². The Balaban J connectivity index is 1.23. The van der Waals surface area contributed by atoms with E-state index in [4.69, 9.17) is 20.6 Å². The zero-order valence-corrected chi connectivity index (χ0v) is 24.1. The molecule has 5 N–H and O–H groups in total. The van der Waals surface area contributed by atoms with Crippen molar-refractivity contribution >= 4 is 34.9 Å². The van der Waals surface area contributed by atoms with Crippen LogP contribution in [0.4, 0.5) is 8.78 Å². The Morgan fingerprint density at radius 3 is 2.37 bits per heavy atom. The van der Waals surface area contributed by atoms with Gasteiger partial charge in [0.2, 0.25) is 11.8 Å². The second-order valence-electron chi connectivity index (χ2n) is 10.4. The van der Waals surface area contributed by atoms with Crippen molar-refractivity contribution in [3.05, 3.63) is 93.2 Å². The number of hydrogen-bond acceptors (Lipinski definition) is 7. The lowest BCUT2D eigenvalue weighted by Crippen LogP contribution is -2.49. The third-order valence-corrected chi connectivity index (χ3v) is 8.61. The normalized spacial score (nSPS) is 18.4. The molecular weight excluding hydrogens is 580 g/mol. The van der Waals surface area contributed by atoms with Gasteiger partial charge in [-0.3, -0.25) is 19.8 Å². The van der Waals surface area contributed by atoms with Crippen LogP contribution < -0.4 is 16.4 Å². The average molecular weight is 612 g/mol. The molecule has 1 spiro atoms. The lowest BCUT2D eigenvalue weighted by Gasteiger charge is -2.25. The Bertz CT molecular complexity index is 1510. The number of halogens is 2. The fourth-order valence-electron chi connectivity index (χ4n) is 5.15. The predicted molar refractivity (Wildman–Crippen MR) is 155 cm³/mol. The summed E-state index contributed by atoms with van der Waals surface area (Å²) in [7, 11) is 0. The van der Waals surface area contributed by atoms with Gasteiger partial charge in [-0.2, -0.15) is 8.78 Å². The number of nitrogens with one attached hydrogen (secondary N) is 3. The van der Waals surface area contributed by atoms with Gasteiger partial charge in [0.1, 0.15) is 11.9 Å². The highest BCUT2D eigenvalue weighted by molar-refractivity contribution is 7.10. The molecule has 2 aliphatic rings. The summed E-state index contributed by atoms with van der Waals surface area (Å²) in [4.78, 5) is 41.6. The van der Waals surface area contributed by atoms with Crippen LogP contribution in [0.3, 0.4) is 0 Å². The number of hydrogen-bond donors (Lipinski definition) is 4. The van der Waals surface area contributed by atoms with E-state index in [2.05, 4.69) is 10.6 Å². The number of amides is 3. The number of carbonyl (C=O) groups excluding carboxylic acids is 3. The summed E-state index contributed by atoms with van der Waals surface area (Å²) in [6, 6.07) is 12.7. The van der Waals surface area contributed by atoms with Crippen molar-refractivity contribution < 1.29 is 32.6 Å². The highest BCUT2D eigenvalue weighted by atomic mass is 32.1. The number of benzene rings is 2. The van der Waals surface area contributed by atoms with E-state index in [-0.39, 0.29) is 35.5 Å². The molecular formula is C30H31F2N5O5S. The summed E-state index contributed by atoms with van der Waals surface area (Å²) < 4.78 is 41.3. The highest BCUT2D eigenvalue weighted by Crippen LogP contribution is 2.36. The monoisotopic (exact) mass is 611 g/mol. The smallest absolute Gasteiger partial charge is 0.298 e. The lowest BCUT2D eigenvalue weighted by atomic mass is 9.99. The van der Waals surface area contributed by atoms with Gasteiger partial charge in [0, 0.05) is 38.9 Å². The van der Waals surface area contributed by atoms with Crippen molar-refractivity contribution in [2.45, 2.75) is 37.1 Å². The minimum atomic E-state index is -3.24. The average Bonchev–Trinajstić information content (AvgIpc) is 3.77. The van der Waals surface area contributed by atoms with Crippen LogP contribution in [0.5, 0.6) is 0 Å². The van der Waals surface area contributed by atoms with Crippen LogP contribution in [0.25, 0.3) is 0 Å². The highest BCUT2D eigenvalue weighted by Gasteiger charge is 2.52. The molecule has 226 valence electrons. The van der Waals surface area contributed by atoms with E-state index in [0.717, 1.165) is 4.88 Å². The first-order valence-electron chi connectivity index (χ1n) is 13.6. The number of likely N-dealkylation sites (tertiary alicyclic amines) is 1. The van der Waals surface area contributed by atoms with E-state index in [1.165, 1.54) is 64.8 Å². The van der Waals surface area contributed by atoms with Gasteiger partial charge < -0.3 is 30.7 Å². The van der Waals surface area contributed by atoms with Gasteiger partial charge in [-0.15, -0.1) is 11.3 Å². The number of carbonyl (C=O) groups is 3. The zero-order valence-electron chi connectivity index (χ0n) is 23.3. The number of alkyl halides is 2. The fraction of sp³-hybridized carbons (Fsp3) is 0.333. The number of rotatable bonds is 9.